The van der Waals surface area contributed by atoms with Crippen LogP contribution < -0.4 is 5.32 Å². The second-order valence-electron chi connectivity index (χ2n) is 5.21. The molecule has 1 aliphatic rings. The highest BCUT2D eigenvalue weighted by molar-refractivity contribution is 5.04. The summed E-state index contributed by atoms with van der Waals surface area (Å²) in [6, 6.07) is 0.456. The number of rotatable bonds is 8. The Labute approximate surface area is 110 Å². The molecule has 1 aromatic heterocycles. The maximum Gasteiger partial charge on any atom is 0.0755 e. The van der Waals surface area contributed by atoms with Crippen molar-refractivity contribution in [1.82, 2.24) is 15.1 Å². The summed E-state index contributed by atoms with van der Waals surface area (Å²) in [6.45, 7) is 2.90. The molecule has 2 rings (SSSR count). The molecule has 0 spiro atoms. The van der Waals surface area contributed by atoms with E-state index in [-0.39, 0.29) is 0 Å². The molecule has 0 saturated heterocycles. The molecule has 4 nitrogen and oxygen atoms in total. The average Bonchev–Trinajstić information content (AvgIpc) is 3.12. The molecule has 0 aliphatic heterocycles. The summed E-state index contributed by atoms with van der Waals surface area (Å²) in [5, 5.41) is 7.65. The number of hydrogen-bond donors (Lipinski definition) is 1. The number of likely N-dealkylation sites (N-methyl/N-ethyl adjacent to an activating group) is 1. The Morgan fingerprint density at radius 3 is 2.83 bits per heavy atom. The van der Waals surface area contributed by atoms with E-state index >= 15 is 0 Å². The monoisotopic (exact) mass is 251 g/mol. The van der Waals surface area contributed by atoms with Crippen LogP contribution in [-0.2, 0) is 18.2 Å². The van der Waals surface area contributed by atoms with Gasteiger partial charge in [0.05, 0.1) is 12.3 Å². The van der Waals surface area contributed by atoms with Crippen LogP contribution >= 0.6 is 0 Å². The fourth-order valence-corrected chi connectivity index (χ4v) is 2.59. The van der Waals surface area contributed by atoms with Crippen LogP contribution in [0.15, 0.2) is 12.4 Å². The van der Waals surface area contributed by atoms with Crippen molar-refractivity contribution < 1.29 is 4.74 Å². The van der Waals surface area contributed by atoms with E-state index < -0.39 is 0 Å². The number of aryl methyl sites for hydroxylation is 2. The van der Waals surface area contributed by atoms with Gasteiger partial charge in [-0.3, -0.25) is 4.68 Å². The average molecular weight is 251 g/mol. The van der Waals surface area contributed by atoms with Gasteiger partial charge < -0.3 is 10.1 Å². The van der Waals surface area contributed by atoms with Crippen LogP contribution in [0.3, 0.4) is 0 Å². The highest BCUT2D eigenvalue weighted by atomic mass is 16.5. The van der Waals surface area contributed by atoms with E-state index in [1.165, 1.54) is 18.4 Å². The van der Waals surface area contributed by atoms with E-state index in [0.29, 0.717) is 12.1 Å². The van der Waals surface area contributed by atoms with Crippen molar-refractivity contribution in [2.24, 2.45) is 13.0 Å². The molecule has 0 amide bonds. The third-order valence-corrected chi connectivity index (χ3v) is 3.72. The first kappa shape index (κ1) is 13.6. The van der Waals surface area contributed by atoms with E-state index in [2.05, 4.69) is 23.5 Å². The zero-order valence-corrected chi connectivity index (χ0v) is 11.7. The molecule has 1 saturated carbocycles. The van der Waals surface area contributed by atoms with Gasteiger partial charge in [-0.2, -0.15) is 5.10 Å². The van der Waals surface area contributed by atoms with E-state index in [1.54, 1.807) is 0 Å². The molecular weight excluding hydrogens is 226 g/mol. The normalized spacial score (nSPS) is 18.8. The smallest absolute Gasteiger partial charge is 0.0755 e. The Balaban J connectivity index is 1.87. The SMILES string of the molecule is CCOC(C1CC1)C(CCc1cnn(C)c1)NC. The van der Waals surface area contributed by atoms with Crippen molar-refractivity contribution >= 4 is 0 Å². The van der Waals surface area contributed by atoms with Gasteiger partial charge in [0.1, 0.15) is 0 Å². The number of hydrogen-bond acceptors (Lipinski definition) is 3. The fraction of sp³-hybridized carbons (Fsp3) is 0.786. The van der Waals surface area contributed by atoms with Crippen LogP contribution in [0.2, 0.25) is 0 Å². The number of nitrogens with one attached hydrogen (secondary N) is 1. The van der Waals surface area contributed by atoms with Crippen molar-refractivity contribution in [1.29, 1.82) is 0 Å². The van der Waals surface area contributed by atoms with Gasteiger partial charge in [0, 0.05) is 25.9 Å². The maximum atomic E-state index is 5.93. The maximum absolute atomic E-state index is 5.93. The van der Waals surface area contributed by atoms with Gasteiger partial charge in [-0.25, -0.2) is 0 Å². The minimum absolute atomic E-state index is 0.386. The lowest BCUT2D eigenvalue weighted by Crippen LogP contribution is -2.41. The predicted octanol–water partition coefficient (Wildman–Crippen LogP) is 1.76. The second-order valence-corrected chi connectivity index (χ2v) is 5.21. The van der Waals surface area contributed by atoms with Gasteiger partial charge in [-0.15, -0.1) is 0 Å². The molecule has 2 unspecified atom stereocenters. The lowest BCUT2D eigenvalue weighted by molar-refractivity contribution is 0.0190. The third-order valence-electron chi connectivity index (χ3n) is 3.72. The molecule has 18 heavy (non-hydrogen) atoms. The summed E-state index contributed by atoms with van der Waals surface area (Å²) in [4.78, 5) is 0. The minimum Gasteiger partial charge on any atom is -0.377 e. The van der Waals surface area contributed by atoms with Gasteiger partial charge in [0.2, 0.25) is 0 Å². The van der Waals surface area contributed by atoms with Gasteiger partial charge >= 0.3 is 0 Å². The van der Waals surface area contributed by atoms with Gasteiger partial charge in [-0.1, -0.05) is 0 Å². The van der Waals surface area contributed by atoms with Crippen LogP contribution in [0.1, 0.15) is 31.7 Å². The molecule has 102 valence electrons. The van der Waals surface area contributed by atoms with Crippen LogP contribution in [0.25, 0.3) is 0 Å². The van der Waals surface area contributed by atoms with Crippen molar-refractivity contribution in [2.45, 2.75) is 44.8 Å². The highest BCUT2D eigenvalue weighted by Crippen LogP contribution is 2.36. The number of ether oxygens (including phenoxy) is 1. The summed E-state index contributed by atoms with van der Waals surface area (Å²) in [5.74, 6) is 0.774. The second kappa shape index (κ2) is 6.34. The summed E-state index contributed by atoms with van der Waals surface area (Å²) in [7, 11) is 4.01. The molecule has 1 aliphatic carbocycles. The molecule has 1 N–H and O–H groups in total. The first-order chi connectivity index (χ1) is 8.74. The molecule has 2 atom stereocenters. The van der Waals surface area contributed by atoms with Gasteiger partial charge in [0.25, 0.3) is 0 Å². The van der Waals surface area contributed by atoms with Crippen LogP contribution in [0.5, 0.6) is 0 Å². The van der Waals surface area contributed by atoms with Crippen LogP contribution in [-0.4, -0.2) is 35.6 Å². The summed E-state index contributed by atoms with van der Waals surface area (Å²) in [6.07, 6.45) is 9.28. The Kier molecular flexibility index (Phi) is 4.78. The third kappa shape index (κ3) is 3.56. The summed E-state index contributed by atoms with van der Waals surface area (Å²) < 4.78 is 7.79. The molecule has 0 aromatic carbocycles. The standard InChI is InChI=1S/C14H25N3O/c1-4-18-14(12-6-7-12)13(15-2)8-5-11-9-16-17(3)10-11/h9-10,12-15H,4-8H2,1-3H3. The molecule has 0 bridgehead atoms. The van der Waals surface area contributed by atoms with Crippen molar-refractivity contribution in [2.75, 3.05) is 13.7 Å². The lowest BCUT2D eigenvalue weighted by atomic mass is 9.99. The predicted molar refractivity (Wildman–Crippen MR) is 72.5 cm³/mol. The first-order valence-corrected chi connectivity index (χ1v) is 7.01. The van der Waals surface area contributed by atoms with Crippen LogP contribution in [0.4, 0.5) is 0 Å². The quantitative estimate of drug-likeness (QED) is 0.765. The Morgan fingerprint density at radius 1 is 1.56 bits per heavy atom. The molecule has 4 heteroatoms. The van der Waals surface area contributed by atoms with Crippen molar-refractivity contribution in [3.63, 3.8) is 0 Å². The molecule has 1 fully saturated rings. The Hall–Kier alpha value is -0.870. The van der Waals surface area contributed by atoms with Gasteiger partial charge in [-0.05, 0) is 51.1 Å². The van der Waals surface area contributed by atoms with E-state index in [4.69, 9.17) is 4.74 Å². The molecule has 1 heterocycles. The first-order valence-electron chi connectivity index (χ1n) is 7.01. The molecular formula is C14H25N3O. The Morgan fingerprint density at radius 2 is 2.33 bits per heavy atom. The largest absolute Gasteiger partial charge is 0.377 e. The molecule has 1 aromatic rings. The Bertz CT molecular complexity index is 360. The van der Waals surface area contributed by atoms with E-state index in [0.717, 1.165) is 25.4 Å². The minimum atomic E-state index is 0.386. The number of nitrogens with zero attached hydrogens (tertiary/aromatic N) is 2. The molecule has 0 radical (unpaired) electrons. The zero-order chi connectivity index (χ0) is 13.0. The topological polar surface area (TPSA) is 39.1 Å². The van der Waals surface area contributed by atoms with Crippen LogP contribution in [0, 0.1) is 5.92 Å². The van der Waals surface area contributed by atoms with E-state index in [1.807, 2.05) is 25.0 Å². The summed E-state index contributed by atoms with van der Waals surface area (Å²) >= 11 is 0. The van der Waals surface area contributed by atoms with Gasteiger partial charge in [0.15, 0.2) is 0 Å². The zero-order valence-electron chi connectivity index (χ0n) is 11.7. The summed E-state index contributed by atoms with van der Waals surface area (Å²) in [5.41, 5.74) is 1.31. The van der Waals surface area contributed by atoms with Crippen molar-refractivity contribution in [3.05, 3.63) is 18.0 Å². The van der Waals surface area contributed by atoms with Crippen molar-refractivity contribution in [3.8, 4) is 0 Å². The lowest BCUT2D eigenvalue weighted by Gasteiger charge is -2.26. The van der Waals surface area contributed by atoms with E-state index in [9.17, 15) is 0 Å². The highest BCUT2D eigenvalue weighted by Gasteiger charge is 2.36. The fourth-order valence-electron chi connectivity index (χ4n) is 2.59. The number of aromatic nitrogens is 2.